The number of thioether (sulfide) groups is 1. The van der Waals surface area contributed by atoms with Gasteiger partial charge in [0.15, 0.2) is 0 Å². The van der Waals surface area contributed by atoms with Crippen LogP contribution in [0.3, 0.4) is 0 Å². The van der Waals surface area contributed by atoms with Gasteiger partial charge in [0.05, 0.1) is 5.25 Å². The third kappa shape index (κ3) is 4.15. The predicted molar refractivity (Wildman–Crippen MR) is 119 cm³/mol. The molecule has 0 N–H and O–H groups in total. The molecule has 2 atom stereocenters. The fraction of sp³-hybridized carbons (Fsp3) is 0.520. The summed E-state index contributed by atoms with van der Waals surface area (Å²) < 4.78 is 12.7. The van der Waals surface area contributed by atoms with Crippen LogP contribution >= 0.6 is 11.8 Å². The van der Waals surface area contributed by atoms with E-state index >= 15 is 0 Å². The normalized spacial score (nSPS) is 25.7. The summed E-state index contributed by atoms with van der Waals surface area (Å²) in [6, 6.07) is 17.9. The van der Waals surface area contributed by atoms with E-state index in [0.717, 1.165) is 36.8 Å². The summed E-state index contributed by atoms with van der Waals surface area (Å²) in [5.74, 6) is 2.00. The standard InChI is InChI=1S/C25H31NO2S/c1-2-23-25(28-22-8-3-4-9-24(22)29-23)18-10-12-20(13-11-18)27-21-14-16-26(17-15-21)19-6-5-7-19/h3-4,8-13,19,21,23,25H,2,5-7,14-17H2,1H3/t23-,25-/m0/s1. The van der Waals surface area contributed by atoms with E-state index in [1.807, 2.05) is 11.8 Å². The van der Waals surface area contributed by atoms with Crippen LogP contribution in [0.15, 0.2) is 53.4 Å². The third-order valence-corrected chi connectivity index (χ3v) is 8.18. The molecule has 2 fully saturated rings. The van der Waals surface area contributed by atoms with Crippen LogP contribution in [0.1, 0.15) is 57.1 Å². The van der Waals surface area contributed by atoms with E-state index in [9.17, 15) is 0 Å². The topological polar surface area (TPSA) is 21.7 Å². The highest BCUT2D eigenvalue weighted by Crippen LogP contribution is 2.46. The lowest BCUT2D eigenvalue weighted by Crippen LogP contribution is -2.46. The average molecular weight is 410 g/mol. The summed E-state index contributed by atoms with van der Waals surface area (Å²) in [6.07, 6.45) is 8.05. The van der Waals surface area contributed by atoms with Crippen molar-refractivity contribution in [1.82, 2.24) is 4.90 Å². The van der Waals surface area contributed by atoms with Gasteiger partial charge in [0.25, 0.3) is 0 Å². The Kier molecular flexibility index (Phi) is 5.74. The van der Waals surface area contributed by atoms with E-state index in [1.54, 1.807) is 0 Å². The number of ether oxygens (including phenoxy) is 2. The van der Waals surface area contributed by atoms with Crippen LogP contribution < -0.4 is 9.47 Å². The number of hydrogen-bond donors (Lipinski definition) is 0. The molecule has 3 aliphatic rings. The van der Waals surface area contributed by atoms with E-state index in [1.165, 1.54) is 42.8 Å². The predicted octanol–water partition coefficient (Wildman–Crippen LogP) is 6.09. The summed E-state index contributed by atoms with van der Waals surface area (Å²) >= 11 is 1.94. The molecule has 2 aromatic rings. The van der Waals surface area contributed by atoms with Crippen molar-refractivity contribution in [3.05, 3.63) is 54.1 Å². The van der Waals surface area contributed by atoms with Crippen LogP contribution in [0, 0.1) is 0 Å². The number of fused-ring (bicyclic) bond motifs is 1. The lowest BCUT2D eigenvalue weighted by Gasteiger charge is -2.41. The molecule has 0 bridgehead atoms. The lowest BCUT2D eigenvalue weighted by atomic mass is 9.90. The first-order chi connectivity index (χ1) is 14.3. The molecule has 29 heavy (non-hydrogen) atoms. The van der Waals surface area contributed by atoms with Crippen molar-refractivity contribution in [2.45, 2.75) is 73.8 Å². The van der Waals surface area contributed by atoms with Crippen LogP contribution in [-0.4, -0.2) is 35.4 Å². The van der Waals surface area contributed by atoms with Crippen LogP contribution in [0.2, 0.25) is 0 Å². The third-order valence-electron chi connectivity index (χ3n) is 6.70. The highest BCUT2D eigenvalue weighted by molar-refractivity contribution is 8.00. The second-order valence-corrected chi connectivity index (χ2v) is 9.84. The minimum absolute atomic E-state index is 0.0969. The van der Waals surface area contributed by atoms with Gasteiger partial charge in [-0.3, -0.25) is 0 Å². The van der Waals surface area contributed by atoms with Crippen molar-refractivity contribution in [3.63, 3.8) is 0 Å². The van der Waals surface area contributed by atoms with E-state index < -0.39 is 0 Å². The van der Waals surface area contributed by atoms with Gasteiger partial charge in [-0.25, -0.2) is 0 Å². The number of nitrogens with zero attached hydrogens (tertiary/aromatic N) is 1. The van der Waals surface area contributed by atoms with Crippen molar-refractivity contribution in [1.29, 1.82) is 0 Å². The van der Waals surface area contributed by atoms with Gasteiger partial charge in [-0.1, -0.05) is 37.6 Å². The minimum atomic E-state index is 0.0969. The molecule has 0 spiro atoms. The molecular formula is C25H31NO2S. The van der Waals surface area contributed by atoms with Crippen molar-refractivity contribution in [3.8, 4) is 11.5 Å². The quantitative estimate of drug-likeness (QED) is 0.596. The highest BCUT2D eigenvalue weighted by atomic mass is 32.2. The minimum Gasteiger partial charge on any atom is -0.490 e. The monoisotopic (exact) mass is 409 g/mol. The molecule has 1 saturated carbocycles. The van der Waals surface area contributed by atoms with Gasteiger partial charge in [0.2, 0.25) is 0 Å². The fourth-order valence-corrected chi connectivity index (χ4v) is 5.92. The number of rotatable bonds is 5. The Morgan fingerprint density at radius 1 is 1.00 bits per heavy atom. The Balaban J connectivity index is 1.21. The molecule has 1 aliphatic carbocycles. The molecule has 0 radical (unpaired) electrons. The van der Waals surface area contributed by atoms with Crippen LogP contribution in [0.25, 0.3) is 0 Å². The Morgan fingerprint density at radius 3 is 2.45 bits per heavy atom. The van der Waals surface area contributed by atoms with Crippen molar-refractivity contribution in [2.75, 3.05) is 13.1 Å². The molecule has 0 unspecified atom stereocenters. The maximum Gasteiger partial charge on any atom is 0.136 e. The number of likely N-dealkylation sites (tertiary alicyclic amines) is 1. The summed E-state index contributed by atoms with van der Waals surface area (Å²) in [5.41, 5.74) is 1.24. The Labute approximate surface area is 178 Å². The second-order valence-electron chi connectivity index (χ2n) is 8.56. The van der Waals surface area contributed by atoms with Gasteiger partial charge < -0.3 is 14.4 Å². The number of benzene rings is 2. The van der Waals surface area contributed by atoms with Gasteiger partial charge in [0, 0.05) is 24.0 Å². The largest absolute Gasteiger partial charge is 0.490 e. The van der Waals surface area contributed by atoms with Gasteiger partial charge in [-0.2, -0.15) is 0 Å². The zero-order valence-electron chi connectivity index (χ0n) is 17.3. The zero-order chi connectivity index (χ0) is 19.6. The molecule has 0 aromatic heterocycles. The highest BCUT2D eigenvalue weighted by Gasteiger charge is 2.31. The summed E-state index contributed by atoms with van der Waals surface area (Å²) in [6.45, 7) is 4.63. The maximum atomic E-state index is 6.39. The molecule has 0 amide bonds. The summed E-state index contributed by atoms with van der Waals surface area (Å²) in [4.78, 5) is 3.93. The molecule has 1 saturated heterocycles. The average Bonchev–Trinajstić information content (AvgIpc) is 2.73. The van der Waals surface area contributed by atoms with Gasteiger partial charge in [-0.05, 0) is 61.9 Å². The first-order valence-corrected chi connectivity index (χ1v) is 12.1. The summed E-state index contributed by atoms with van der Waals surface area (Å²) in [5, 5.41) is 0.438. The molecule has 3 nitrogen and oxygen atoms in total. The first kappa shape index (κ1) is 19.3. The number of hydrogen-bond acceptors (Lipinski definition) is 4. The molecular weight excluding hydrogens is 378 g/mol. The number of para-hydroxylation sites is 1. The van der Waals surface area contributed by atoms with E-state index in [0.29, 0.717) is 11.4 Å². The summed E-state index contributed by atoms with van der Waals surface area (Å²) in [7, 11) is 0. The van der Waals surface area contributed by atoms with Crippen molar-refractivity contribution < 1.29 is 9.47 Å². The van der Waals surface area contributed by atoms with E-state index in [4.69, 9.17) is 9.47 Å². The van der Waals surface area contributed by atoms with Crippen molar-refractivity contribution >= 4 is 11.8 Å². The molecule has 2 aliphatic heterocycles. The second kappa shape index (κ2) is 8.61. The SMILES string of the molecule is CC[C@@H]1Sc2ccccc2O[C@H]1c1ccc(OC2CCN(C3CCC3)CC2)cc1. The number of piperidine rings is 1. The molecule has 5 rings (SSSR count). The maximum absolute atomic E-state index is 6.39. The molecule has 4 heteroatoms. The molecule has 154 valence electrons. The Bertz CT molecular complexity index is 812. The van der Waals surface area contributed by atoms with E-state index in [2.05, 4.69) is 60.4 Å². The van der Waals surface area contributed by atoms with E-state index in [-0.39, 0.29) is 6.10 Å². The molecule has 2 heterocycles. The zero-order valence-corrected chi connectivity index (χ0v) is 18.1. The Hall–Kier alpha value is -1.65. The Morgan fingerprint density at radius 2 is 1.76 bits per heavy atom. The fourth-order valence-electron chi connectivity index (χ4n) is 4.70. The van der Waals surface area contributed by atoms with Crippen LogP contribution in [-0.2, 0) is 0 Å². The van der Waals surface area contributed by atoms with Crippen molar-refractivity contribution in [2.24, 2.45) is 0 Å². The first-order valence-electron chi connectivity index (χ1n) is 11.2. The smallest absolute Gasteiger partial charge is 0.136 e. The molecule has 2 aromatic carbocycles. The lowest BCUT2D eigenvalue weighted by molar-refractivity contribution is 0.0493. The van der Waals surface area contributed by atoms with Gasteiger partial charge >= 0.3 is 0 Å². The van der Waals surface area contributed by atoms with Crippen LogP contribution in [0.5, 0.6) is 11.5 Å². The van der Waals surface area contributed by atoms with Gasteiger partial charge in [-0.15, -0.1) is 11.8 Å². The van der Waals surface area contributed by atoms with Crippen LogP contribution in [0.4, 0.5) is 0 Å². The van der Waals surface area contributed by atoms with Gasteiger partial charge in [0.1, 0.15) is 23.7 Å².